The number of ether oxygens (including phenoxy) is 1. The molecule has 0 aliphatic rings. The Morgan fingerprint density at radius 1 is 1.62 bits per heavy atom. The largest absolute Gasteiger partial charge is 0.460 e. The zero-order valence-electron chi connectivity index (χ0n) is 6.77. The lowest BCUT2D eigenvalue weighted by Gasteiger charge is -1.91. The molecule has 2 N–H and O–H groups in total. The Labute approximate surface area is 78.9 Å². The molecule has 13 heavy (non-hydrogen) atoms. The van der Waals surface area contributed by atoms with E-state index in [1.54, 1.807) is 17.4 Å². The lowest BCUT2D eigenvalue weighted by atomic mass is 10.4. The quantitative estimate of drug-likeness (QED) is 0.759. The predicted octanol–water partition coefficient (Wildman–Crippen LogP) is 1.70. The first-order valence-electron chi connectivity index (χ1n) is 3.73. The van der Waals surface area contributed by atoms with Gasteiger partial charge in [-0.15, -0.1) is 11.3 Å². The number of thiophene rings is 1. The second-order valence-corrected chi connectivity index (χ2v) is 3.27. The molecule has 0 spiro atoms. The van der Waals surface area contributed by atoms with Gasteiger partial charge in [0, 0.05) is 0 Å². The summed E-state index contributed by atoms with van der Waals surface area (Å²) in [7, 11) is 0. The highest BCUT2D eigenvalue weighted by Gasteiger charge is 2.07. The van der Waals surface area contributed by atoms with E-state index in [-0.39, 0.29) is 6.73 Å². The van der Waals surface area contributed by atoms with Crippen molar-refractivity contribution in [2.45, 2.75) is 0 Å². The molecule has 0 aromatic carbocycles. The second kappa shape index (κ2) is 3.59. The maximum Gasteiger partial charge on any atom is 0.256 e. The smallest absolute Gasteiger partial charge is 0.256 e. The van der Waals surface area contributed by atoms with Crippen molar-refractivity contribution in [3.8, 4) is 16.5 Å². The van der Waals surface area contributed by atoms with Gasteiger partial charge in [-0.25, -0.2) is 0 Å². The number of hydrogen-bond acceptors (Lipinski definition) is 5. The molecular weight excluding hydrogens is 188 g/mol. The molecule has 0 fully saturated rings. The van der Waals surface area contributed by atoms with Gasteiger partial charge in [-0.3, -0.25) is 5.73 Å². The molecule has 2 aromatic heterocycles. The Balaban J connectivity index is 2.23. The summed E-state index contributed by atoms with van der Waals surface area (Å²) in [5.74, 6) is 1.13. The van der Waals surface area contributed by atoms with Crippen molar-refractivity contribution in [1.82, 2.24) is 5.16 Å². The van der Waals surface area contributed by atoms with Crippen LogP contribution in [0.2, 0.25) is 0 Å². The fourth-order valence-electron chi connectivity index (χ4n) is 0.947. The average Bonchev–Trinajstić information content (AvgIpc) is 2.70. The Morgan fingerprint density at radius 2 is 2.54 bits per heavy atom. The van der Waals surface area contributed by atoms with E-state index in [1.807, 2.05) is 17.5 Å². The summed E-state index contributed by atoms with van der Waals surface area (Å²) >= 11 is 1.59. The van der Waals surface area contributed by atoms with Crippen LogP contribution in [0.25, 0.3) is 10.6 Å². The van der Waals surface area contributed by atoms with E-state index in [9.17, 15) is 0 Å². The average molecular weight is 196 g/mol. The zero-order chi connectivity index (χ0) is 9.10. The predicted molar refractivity (Wildman–Crippen MR) is 49.5 cm³/mol. The first-order valence-corrected chi connectivity index (χ1v) is 4.61. The van der Waals surface area contributed by atoms with Crippen LogP contribution >= 0.6 is 11.3 Å². The van der Waals surface area contributed by atoms with Crippen LogP contribution in [0.3, 0.4) is 0 Å². The lowest BCUT2D eigenvalue weighted by Crippen LogP contribution is -2.07. The van der Waals surface area contributed by atoms with Crippen LogP contribution < -0.4 is 10.5 Å². The maximum absolute atomic E-state index is 5.19. The maximum atomic E-state index is 5.19. The molecule has 68 valence electrons. The van der Waals surface area contributed by atoms with Gasteiger partial charge in [0.25, 0.3) is 5.88 Å². The van der Waals surface area contributed by atoms with Gasteiger partial charge < -0.3 is 9.26 Å². The van der Waals surface area contributed by atoms with Crippen LogP contribution in [0.5, 0.6) is 5.88 Å². The van der Waals surface area contributed by atoms with Crippen LogP contribution in [0, 0.1) is 0 Å². The fraction of sp³-hybridized carbons (Fsp3) is 0.125. The second-order valence-electron chi connectivity index (χ2n) is 2.32. The number of rotatable bonds is 3. The molecule has 2 aromatic rings. The van der Waals surface area contributed by atoms with Crippen LogP contribution in [0.15, 0.2) is 28.1 Å². The van der Waals surface area contributed by atoms with Gasteiger partial charge in [0.2, 0.25) is 0 Å². The topological polar surface area (TPSA) is 61.3 Å². The summed E-state index contributed by atoms with van der Waals surface area (Å²) in [6.07, 6.45) is 0. The molecule has 0 aliphatic carbocycles. The van der Waals surface area contributed by atoms with E-state index in [2.05, 4.69) is 5.16 Å². The highest BCUT2D eigenvalue weighted by atomic mass is 32.1. The van der Waals surface area contributed by atoms with E-state index in [0.29, 0.717) is 11.6 Å². The van der Waals surface area contributed by atoms with Gasteiger partial charge >= 0.3 is 0 Å². The molecule has 0 unspecified atom stereocenters. The van der Waals surface area contributed by atoms with E-state index in [0.717, 1.165) is 4.88 Å². The molecule has 0 saturated carbocycles. The van der Waals surface area contributed by atoms with Crippen molar-refractivity contribution in [3.05, 3.63) is 23.6 Å². The first kappa shape index (κ1) is 8.28. The van der Waals surface area contributed by atoms with Crippen molar-refractivity contribution in [2.75, 3.05) is 6.73 Å². The minimum Gasteiger partial charge on any atom is -0.460 e. The molecule has 5 heteroatoms. The summed E-state index contributed by atoms with van der Waals surface area (Å²) in [5.41, 5.74) is 5.19. The Morgan fingerprint density at radius 3 is 3.23 bits per heavy atom. The van der Waals surface area contributed by atoms with Crippen LogP contribution in [0.1, 0.15) is 0 Å². The van der Waals surface area contributed by atoms with Crippen molar-refractivity contribution in [2.24, 2.45) is 5.73 Å². The monoisotopic (exact) mass is 196 g/mol. The Kier molecular flexibility index (Phi) is 2.29. The third kappa shape index (κ3) is 1.71. The molecule has 0 saturated heterocycles. The fourth-order valence-corrected chi connectivity index (χ4v) is 1.62. The molecule has 0 radical (unpaired) electrons. The highest BCUT2D eigenvalue weighted by molar-refractivity contribution is 7.13. The molecule has 0 amide bonds. The van der Waals surface area contributed by atoms with Gasteiger partial charge in [0.1, 0.15) is 6.73 Å². The van der Waals surface area contributed by atoms with Gasteiger partial charge in [0.05, 0.1) is 10.9 Å². The first-order chi connectivity index (χ1) is 6.40. The minimum absolute atomic E-state index is 0.108. The van der Waals surface area contributed by atoms with Gasteiger partial charge in [0.15, 0.2) is 5.76 Å². The van der Waals surface area contributed by atoms with E-state index in [1.165, 1.54) is 0 Å². The number of aromatic nitrogens is 1. The molecule has 2 rings (SSSR count). The van der Waals surface area contributed by atoms with E-state index < -0.39 is 0 Å². The third-order valence-corrected chi connectivity index (χ3v) is 2.37. The summed E-state index contributed by atoms with van der Waals surface area (Å²) in [4.78, 5) is 1.03. The minimum atomic E-state index is 0.108. The van der Waals surface area contributed by atoms with Gasteiger partial charge in [-0.2, -0.15) is 0 Å². The van der Waals surface area contributed by atoms with E-state index >= 15 is 0 Å². The lowest BCUT2D eigenvalue weighted by molar-refractivity contribution is 0.289. The zero-order valence-corrected chi connectivity index (χ0v) is 7.58. The highest BCUT2D eigenvalue weighted by Crippen LogP contribution is 2.27. The van der Waals surface area contributed by atoms with Gasteiger partial charge in [-0.1, -0.05) is 6.07 Å². The molecule has 2 heterocycles. The molecular formula is C8H8N2O2S. The van der Waals surface area contributed by atoms with Crippen LogP contribution in [-0.2, 0) is 0 Å². The van der Waals surface area contributed by atoms with Gasteiger partial charge in [-0.05, 0) is 16.6 Å². The summed E-state index contributed by atoms with van der Waals surface area (Å²) < 4.78 is 10.0. The summed E-state index contributed by atoms with van der Waals surface area (Å²) in [5, 5.41) is 5.66. The molecule has 4 nitrogen and oxygen atoms in total. The third-order valence-electron chi connectivity index (χ3n) is 1.48. The summed E-state index contributed by atoms with van der Waals surface area (Å²) in [6, 6.07) is 5.63. The summed E-state index contributed by atoms with van der Waals surface area (Å²) in [6.45, 7) is 0.108. The standard InChI is InChI=1S/C8H8N2O2S/c9-5-11-8-4-6(12-10-8)7-2-1-3-13-7/h1-4H,5,9H2. The molecule has 0 atom stereocenters. The molecule has 0 bridgehead atoms. The normalized spacial score (nSPS) is 10.2. The van der Waals surface area contributed by atoms with Crippen LogP contribution in [-0.4, -0.2) is 11.9 Å². The Bertz CT molecular complexity index is 369. The number of hydrogen-bond donors (Lipinski definition) is 1. The van der Waals surface area contributed by atoms with Crippen LogP contribution in [0.4, 0.5) is 0 Å². The van der Waals surface area contributed by atoms with E-state index in [4.69, 9.17) is 15.0 Å². The number of nitrogens with two attached hydrogens (primary N) is 1. The van der Waals surface area contributed by atoms with Crippen molar-refractivity contribution >= 4 is 11.3 Å². The van der Waals surface area contributed by atoms with Crippen molar-refractivity contribution in [1.29, 1.82) is 0 Å². The van der Waals surface area contributed by atoms with Crippen molar-refractivity contribution in [3.63, 3.8) is 0 Å². The van der Waals surface area contributed by atoms with Crippen molar-refractivity contribution < 1.29 is 9.26 Å². The number of nitrogens with zero attached hydrogens (tertiary/aromatic N) is 1. The Hall–Kier alpha value is -1.33. The molecule has 0 aliphatic heterocycles. The SMILES string of the molecule is NCOc1cc(-c2cccs2)on1.